The maximum Gasteiger partial charge on any atom is 0.137 e. The zero-order valence-corrected chi connectivity index (χ0v) is 15.7. The van der Waals surface area contributed by atoms with Gasteiger partial charge in [-0.3, -0.25) is 9.88 Å². The Morgan fingerprint density at radius 2 is 1.93 bits per heavy atom. The molecule has 0 atom stereocenters. The zero-order chi connectivity index (χ0) is 18.8. The number of aromatic nitrogens is 3. The van der Waals surface area contributed by atoms with Gasteiger partial charge < -0.3 is 4.98 Å². The van der Waals surface area contributed by atoms with Crippen molar-refractivity contribution in [2.45, 2.75) is 13.0 Å². The third kappa shape index (κ3) is 3.35. The van der Waals surface area contributed by atoms with Gasteiger partial charge in [0, 0.05) is 54.7 Å². The smallest absolute Gasteiger partial charge is 0.137 e. The Hall–Kier alpha value is -3.24. The molecule has 0 bridgehead atoms. The first-order chi connectivity index (χ1) is 13.9. The molecule has 4 heteroatoms. The lowest BCUT2D eigenvalue weighted by atomic mass is 9.99. The molecule has 0 spiro atoms. The van der Waals surface area contributed by atoms with Crippen molar-refractivity contribution >= 4 is 16.6 Å². The molecule has 0 radical (unpaired) electrons. The van der Waals surface area contributed by atoms with Crippen molar-refractivity contribution in [2.24, 2.45) is 0 Å². The summed E-state index contributed by atoms with van der Waals surface area (Å²) < 4.78 is 0. The van der Waals surface area contributed by atoms with E-state index in [9.17, 15) is 0 Å². The predicted molar refractivity (Wildman–Crippen MR) is 114 cm³/mol. The van der Waals surface area contributed by atoms with Crippen molar-refractivity contribution in [3.63, 3.8) is 0 Å². The van der Waals surface area contributed by atoms with Crippen LogP contribution in [0.25, 0.3) is 27.9 Å². The molecule has 0 fully saturated rings. The molecule has 4 heterocycles. The Balaban J connectivity index is 1.31. The number of aromatic amines is 1. The normalized spacial score (nSPS) is 14.9. The molecule has 0 saturated heterocycles. The van der Waals surface area contributed by atoms with E-state index in [0.29, 0.717) is 0 Å². The molecule has 1 aromatic carbocycles. The maximum atomic E-state index is 4.47. The monoisotopic (exact) mass is 366 g/mol. The summed E-state index contributed by atoms with van der Waals surface area (Å²) in [6.07, 6.45) is 9.19. The molecule has 1 aliphatic rings. The van der Waals surface area contributed by atoms with Crippen LogP contribution >= 0.6 is 0 Å². The SMILES string of the molecule is C1=C(c2c[nH]c3ncccc23)CCN(Cc2cccc(-c3ccccn3)c2)C1. The highest BCUT2D eigenvalue weighted by atomic mass is 15.1. The van der Waals surface area contributed by atoms with Gasteiger partial charge in [0.25, 0.3) is 0 Å². The lowest BCUT2D eigenvalue weighted by Crippen LogP contribution is -2.28. The summed E-state index contributed by atoms with van der Waals surface area (Å²) in [5, 5.41) is 1.21. The van der Waals surface area contributed by atoms with Crippen molar-refractivity contribution < 1.29 is 0 Å². The van der Waals surface area contributed by atoms with E-state index in [1.165, 1.54) is 27.6 Å². The van der Waals surface area contributed by atoms with Crippen molar-refractivity contribution in [1.29, 1.82) is 0 Å². The van der Waals surface area contributed by atoms with Gasteiger partial charge in [0.05, 0.1) is 5.69 Å². The summed E-state index contributed by atoms with van der Waals surface area (Å²) in [5.74, 6) is 0. The van der Waals surface area contributed by atoms with Crippen molar-refractivity contribution in [3.05, 3.63) is 90.4 Å². The standard InChI is InChI=1S/C24H22N4/c1-2-11-25-23(8-1)20-6-3-5-18(15-20)17-28-13-9-19(10-14-28)22-16-27-24-21(22)7-4-12-26-24/h1-9,11-12,15-16H,10,13-14,17H2,(H,26,27). The number of nitrogens with zero attached hydrogens (tertiary/aromatic N) is 3. The van der Waals surface area contributed by atoms with Crippen LogP contribution in [0, 0.1) is 0 Å². The summed E-state index contributed by atoms with van der Waals surface area (Å²) in [5.41, 5.74) is 7.21. The molecular weight excluding hydrogens is 344 g/mol. The van der Waals surface area contributed by atoms with Crippen LogP contribution in [0.5, 0.6) is 0 Å². The van der Waals surface area contributed by atoms with Crippen LogP contribution in [0.3, 0.4) is 0 Å². The van der Waals surface area contributed by atoms with E-state index >= 15 is 0 Å². The molecule has 0 unspecified atom stereocenters. The summed E-state index contributed by atoms with van der Waals surface area (Å²) in [6, 6.07) is 18.9. The summed E-state index contributed by atoms with van der Waals surface area (Å²) in [4.78, 5) is 14.7. The highest BCUT2D eigenvalue weighted by Gasteiger charge is 2.16. The van der Waals surface area contributed by atoms with E-state index in [0.717, 1.165) is 37.4 Å². The van der Waals surface area contributed by atoms with Gasteiger partial charge in [-0.1, -0.05) is 30.3 Å². The van der Waals surface area contributed by atoms with Gasteiger partial charge >= 0.3 is 0 Å². The fourth-order valence-corrected chi connectivity index (χ4v) is 3.94. The van der Waals surface area contributed by atoms with E-state index in [1.807, 2.05) is 30.6 Å². The molecule has 1 aliphatic heterocycles. The average Bonchev–Trinajstić information content (AvgIpc) is 3.19. The Kier molecular flexibility index (Phi) is 4.47. The van der Waals surface area contributed by atoms with Gasteiger partial charge in [-0.05, 0) is 47.9 Å². The minimum Gasteiger partial charge on any atom is -0.346 e. The molecule has 0 aliphatic carbocycles. The van der Waals surface area contributed by atoms with E-state index in [4.69, 9.17) is 0 Å². The second kappa shape index (κ2) is 7.41. The first kappa shape index (κ1) is 16.9. The molecule has 5 rings (SSSR count). The molecule has 4 nitrogen and oxygen atoms in total. The minimum atomic E-state index is 0.958. The Labute approximate surface area is 164 Å². The number of hydrogen-bond donors (Lipinski definition) is 1. The van der Waals surface area contributed by atoms with Crippen LogP contribution < -0.4 is 0 Å². The first-order valence-corrected chi connectivity index (χ1v) is 9.71. The zero-order valence-electron chi connectivity index (χ0n) is 15.7. The van der Waals surface area contributed by atoms with Gasteiger partial charge in [0.1, 0.15) is 5.65 Å². The Bertz CT molecular complexity index is 1130. The van der Waals surface area contributed by atoms with Crippen LogP contribution in [0.2, 0.25) is 0 Å². The molecular formula is C24H22N4. The van der Waals surface area contributed by atoms with Gasteiger partial charge in [-0.15, -0.1) is 0 Å². The van der Waals surface area contributed by atoms with Crippen LogP contribution in [0.15, 0.2) is 79.3 Å². The number of rotatable bonds is 4. The number of fused-ring (bicyclic) bond motifs is 1. The molecule has 1 N–H and O–H groups in total. The highest BCUT2D eigenvalue weighted by Crippen LogP contribution is 2.29. The maximum absolute atomic E-state index is 4.47. The van der Waals surface area contributed by atoms with Crippen molar-refractivity contribution in [1.82, 2.24) is 19.9 Å². The summed E-state index contributed by atoms with van der Waals surface area (Å²) in [7, 11) is 0. The van der Waals surface area contributed by atoms with E-state index in [-0.39, 0.29) is 0 Å². The quantitative estimate of drug-likeness (QED) is 0.558. The van der Waals surface area contributed by atoms with Gasteiger partial charge in [-0.25, -0.2) is 4.98 Å². The third-order valence-electron chi connectivity index (χ3n) is 5.38. The number of benzene rings is 1. The van der Waals surface area contributed by atoms with Crippen molar-refractivity contribution in [2.75, 3.05) is 13.1 Å². The van der Waals surface area contributed by atoms with E-state index < -0.39 is 0 Å². The topological polar surface area (TPSA) is 44.8 Å². The van der Waals surface area contributed by atoms with Crippen LogP contribution in [0.1, 0.15) is 17.5 Å². The van der Waals surface area contributed by atoms with Gasteiger partial charge in [0.15, 0.2) is 0 Å². The van der Waals surface area contributed by atoms with E-state index in [1.54, 1.807) is 0 Å². The molecule has 0 saturated carbocycles. The Morgan fingerprint density at radius 3 is 2.79 bits per heavy atom. The lowest BCUT2D eigenvalue weighted by Gasteiger charge is -2.26. The second-order valence-electron chi connectivity index (χ2n) is 7.23. The van der Waals surface area contributed by atoms with Crippen LogP contribution in [0.4, 0.5) is 0 Å². The first-order valence-electron chi connectivity index (χ1n) is 9.71. The lowest BCUT2D eigenvalue weighted by molar-refractivity contribution is 0.294. The molecule has 138 valence electrons. The number of pyridine rings is 2. The number of nitrogens with one attached hydrogen (secondary N) is 1. The predicted octanol–water partition coefficient (Wildman–Crippen LogP) is 4.91. The fraction of sp³-hybridized carbons (Fsp3) is 0.167. The number of hydrogen-bond acceptors (Lipinski definition) is 3. The third-order valence-corrected chi connectivity index (χ3v) is 5.38. The molecule has 3 aromatic heterocycles. The highest BCUT2D eigenvalue weighted by molar-refractivity contribution is 5.90. The average molecular weight is 366 g/mol. The summed E-state index contributed by atoms with van der Waals surface area (Å²) in [6.45, 7) is 2.99. The van der Waals surface area contributed by atoms with Crippen LogP contribution in [-0.2, 0) is 6.54 Å². The molecule has 4 aromatic rings. The second-order valence-corrected chi connectivity index (χ2v) is 7.23. The Morgan fingerprint density at radius 1 is 0.964 bits per heavy atom. The number of H-pyrrole nitrogens is 1. The molecule has 28 heavy (non-hydrogen) atoms. The fourth-order valence-electron chi connectivity index (χ4n) is 3.94. The van der Waals surface area contributed by atoms with E-state index in [2.05, 4.69) is 68.5 Å². The molecule has 0 amide bonds. The minimum absolute atomic E-state index is 0.958. The van der Waals surface area contributed by atoms with Gasteiger partial charge in [-0.2, -0.15) is 0 Å². The van der Waals surface area contributed by atoms with Gasteiger partial charge in [0.2, 0.25) is 0 Å². The van der Waals surface area contributed by atoms with Crippen molar-refractivity contribution in [3.8, 4) is 11.3 Å². The van der Waals surface area contributed by atoms with Crippen LogP contribution in [-0.4, -0.2) is 32.9 Å². The largest absolute Gasteiger partial charge is 0.346 e. The summed E-state index contributed by atoms with van der Waals surface area (Å²) >= 11 is 0.